The molecule has 5 aromatic rings. The number of methoxy groups -OCH3 is 1. The molecule has 1 N–H and O–H groups in total. The van der Waals surface area contributed by atoms with Crippen LogP contribution in [0.1, 0.15) is 17.4 Å². The number of pyridine rings is 1. The van der Waals surface area contributed by atoms with Crippen LogP contribution in [0.15, 0.2) is 83.0 Å². The number of thiazole rings is 1. The van der Waals surface area contributed by atoms with Crippen molar-refractivity contribution in [3.8, 4) is 28.1 Å². The van der Waals surface area contributed by atoms with E-state index in [9.17, 15) is 14.4 Å². The summed E-state index contributed by atoms with van der Waals surface area (Å²) in [6.45, 7) is 1.46. The highest BCUT2D eigenvalue weighted by molar-refractivity contribution is 7.14. The molecule has 0 aliphatic carbocycles. The molecule has 5 rings (SSSR count). The lowest BCUT2D eigenvalue weighted by Gasteiger charge is -2.18. The fourth-order valence-corrected chi connectivity index (χ4v) is 5.16. The van der Waals surface area contributed by atoms with Crippen LogP contribution in [0.3, 0.4) is 0 Å². The molecular formula is C30H24ClN3O5S. The van der Waals surface area contributed by atoms with Gasteiger partial charge >= 0.3 is 5.97 Å². The number of esters is 1. The fraction of sp³-hybridized carbons (Fsp3) is 0.133. The SMILES string of the molecule is COc1ccc(-c2csc(NC(=O)C(C)OC(=O)c3c(-c4ccc(Cl)cc4)c4ccccc4c(=O)n3C)n2)cc1. The molecule has 0 fully saturated rings. The summed E-state index contributed by atoms with van der Waals surface area (Å²) in [6.07, 6.45) is -1.17. The monoisotopic (exact) mass is 573 g/mol. The zero-order valence-electron chi connectivity index (χ0n) is 21.8. The number of carbonyl (C=O) groups is 2. The number of amides is 1. The number of aromatic nitrogens is 2. The zero-order valence-corrected chi connectivity index (χ0v) is 23.4. The molecule has 8 nitrogen and oxygen atoms in total. The van der Waals surface area contributed by atoms with Crippen LogP contribution in [0.25, 0.3) is 33.2 Å². The van der Waals surface area contributed by atoms with Gasteiger partial charge in [0.25, 0.3) is 11.5 Å². The number of halogens is 1. The molecule has 0 aliphatic heterocycles. The summed E-state index contributed by atoms with van der Waals surface area (Å²) in [5, 5.41) is 6.45. The van der Waals surface area contributed by atoms with Gasteiger partial charge in [0.2, 0.25) is 0 Å². The number of rotatable bonds is 7. The Bertz CT molecular complexity index is 1780. The molecule has 202 valence electrons. The lowest BCUT2D eigenvalue weighted by atomic mass is 9.96. The van der Waals surface area contributed by atoms with Crippen molar-refractivity contribution in [1.82, 2.24) is 9.55 Å². The normalized spacial score (nSPS) is 11.7. The summed E-state index contributed by atoms with van der Waals surface area (Å²) in [4.78, 5) is 44.1. The van der Waals surface area contributed by atoms with Crippen LogP contribution in [-0.4, -0.2) is 34.6 Å². The lowest BCUT2D eigenvalue weighted by Crippen LogP contribution is -2.32. The third kappa shape index (κ3) is 5.34. The second-order valence-electron chi connectivity index (χ2n) is 8.94. The van der Waals surface area contributed by atoms with Crippen LogP contribution in [0.5, 0.6) is 5.75 Å². The first-order chi connectivity index (χ1) is 19.3. The highest BCUT2D eigenvalue weighted by Gasteiger charge is 2.27. The van der Waals surface area contributed by atoms with E-state index in [4.69, 9.17) is 21.1 Å². The van der Waals surface area contributed by atoms with Gasteiger partial charge in [-0.1, -0.05) is 41.9 Å². The number of hydrogen-bond acceptors (Lipinski definition) is 7. The second-order valence-corrected chi connectivity index (χ2v) is 10.2. The van der Waals surface area contributed by atoms with Crippen molar-refractivity contribution in [2.75, 3.05) is 12.4 Å². The van der Waals surface area contributed by atoms with Gasteiger partial charge in [-0.3, -0.25) is 14.9 Å². The van der Waals surface area contributed by atoms with Gasteiger partial charge < -0.3 is 14.0 Å². The summed E-state index contributed by atoms with van der Waals surface area (Å²) in [5.74, 6) is -0.634. The van der Waals surface area contributed by atoms with E-state index >= 15 is 0 Å². The minimum Gasteiger partial charge on any atom is -0.497 e. The van der Waals surface area contributed by atoms with Crippen molar-refractivity contribution >= 4 is 50.7 Å². The van der Waals surface area contributed by atoms with E-state index in [1.54, 1.807) is 55.6 Å². The maximum atomic E-state index is 13.5. The first kappa shape index (κ1) is 27.1. The molecule has 0 saturated heterocycles. The Labute approximate surface area is 238 Å². The first-order valence-corrected chi connectivity index (χ1v) is 13.5. The number of ether oxygens (including phenoxy) is 2. The van der Waals surface area contributed by atoms with E-state index in [0.717, 1.165) is 11.3 Å². The van der Waals surface area contributed by atoms with Gasteiger partial charge in [0, 0.05) is 34.0 Å². The minimum atomic E-state index is -1.17. The number of fused-ring (bicyclic) bond motifs is 1. The molecule has 2 aromatic heterocycles. The molecule has 3 aromatic carbocycles. The van der Waals surface area contributed by atoms with Gasteiger partial charge in [0.1, 0.15) is 11.4 Å². The smallest absolute Gasteiger partial charge is 0.356 e. The van der Waals surface area contributed by atoms with Gasteiger partial charge in [-0.15, -0.1) is 11.3 Å². The Morgan fingerprint density at radius 2 is 1.62 bits per heavy atom. The lowest BCUT2D eigenvalue weighted by molar-refractivity contribution is -0.123. The van der Waals surface area contributed by atoms with Crippen molar-refractivity contribution < 1.29 is 19.1 Å². The number of anilines is 1. The van der Waals surface area contributed by atoms with Crippen LogP contribution in [-0.2, 0) is 16.6 Å². The van der Waals surface area contributed by atoms with E-state index in [0.29, 0.717) is 37.7 Å². The highest BCUT2D eigenvalue weighted by atomic mass is 35.5. The maximum Gasteiger partial charge on any atom is 0.356 e. The standard InChI is InChI=1S/C30H24ClN3O5S/c1-17(27(35)33-30-32-24(16-40-30)18-10-14-21(38-3)15-11-18)39-29(37)26-25(19-8-12-20(31)13-9-19)22-6-4-5-7-23(22)28(36)34(26)2/h4-17H,1-3H3,(H,32,33,35). The first-order valence-electron chi connectivity index (χ1n) is 12.3. The van der Waals surface area contributed by atoms with E-state index < -0.39 is 18.0 Å². The van der Waals surface area contributed by atoms with E-state index in [-0.39, 0.29) is 11.3 Å². The number of nitrogens with zero attached hydrogens (tertiary/aromatic N) is 2. The van der Waals surface area contributed by atoms with E-state index in [2.05, 4.69) is 10.3 Å². The quantitative estimate of drug-likeness (QED) is 0.234. The molecule has 0 radical (unpaired) electrons. The summed E-state index contributed by atoms with van der Waals surface area (Å²) in [7, 11) is 3.10. The summed E-state index contributed by atoms with van der Waals surface area (Å²) < 4.78 is 12.0. The minimum absolute atomic E-state index is 0.0294. The molecule has 1 atom stereocenters. The van der Waals surface area contributed by atoms with Crippen LogP contribution < -0.4 is 15.6 Å². The van der Waals surface area contributed by atoms with Crippen molar-refractivity contribution in [2.24, 2.45) is 7.05 Å². The predicted molar refractivity (Wildman–Crippen MR) is 157 cm³/mol. The van der Waals surface area contributed by atoms with Gasteiger partial charge in [-0.05, 0) is 60.3 Å². The Morgan fingerprint density at radius 3 is 2.30 bits per heavy atom. The second kappa shape index (κ2) is 11.3. The predicted octanol–water partition coefficient (Wildman–Crippen LogP) is 6.18. The largest absolute Gasteiger partial charge is 0.497 e. The number of hydrogen-bond donors (Lipinski definition) is 1. The number of carbonyl (C=O) groups excluding carboxylic acids is 2. The van der Waals surface area contributed by atoms with Gasteiger partial charge in [-0.25, -0.2) is 9.78 Å². The average molecular weight is 574 g/mol. The van der Waals surface area contributed by atoms with Gasteiger partial charge in [0.05, 0.1) is 12.8 Å². The average Bonchev–Trinajstić information content (AvgIpc) is 3.43. The van der Waals surface area contributed by atoms with Crippen molar-refractivity contribution in [3.63, 3.8) is 0 Å². The van der Waals surface area contributed by atoms with Crippen LogP contribution >= 0.6 is 22.9 Å². The molecular weight excluding hydrogens is 550 g/mol. The molecule has 40 heavy (non-hydrogen) atoms. The Hall–Kier alpha value is -4.47. The molecule has 10 heteroatoms. The Balaban J connectivity index is 1.40. The molecule has 2 heterocycles. The van der Waals surface area contributed by atoms with Gasteiger partial charge in [0.15, 0.2) is 11.2 Å². The molecule has 0 spiro atoms. The van der Waals surface area contributed by atoms with Crippen LogP contribution in [0.2, 0.25) is 5.02 Å². The van der Waals surface area contributed by atoms with Crippen molar-refractivity contribution in [2.45, 2.75) is 13.0 Å². The topological polar surface area (TPSA) is 99.5 Å². The highest BCUT2D eigenvalue weighted by Crippen LogP contribution is 2.32. The third-order valence-electron chi connectivity index (χ3n) is 6.40. The van der Waals surface area contributed by atoms with Gasteiger partial charge in [-0.2, -0.15) is 0 Å². The maximum absolute atomic E-state index is 13.5. The third-order valence-corrected chi connectivity index (χ3v) is 7.41. The van der Waals surface area contributed by atoms with E-state index in [1.807, 2.05) is 29.6 Å². The Morgan fingerprint density at radius 1 is 0.975 bits per heavy atom. The van der Waals surface area contributed by atoms with Crippen LogP contribution in [0, 0.1) is 0 Å². The fourth-order valence-electron chi connectivity index (χ4n) is 4.32. The summed E-state index contributed by atoms with van der Waals surface area (Å²) in [5.41, 5.74) is 2.41. The Kier molecular flexibility index (Phi) is 7.68. The molecule has 0 saturated carbocycles. The summed E-state index contributed by atoms with van der Waals surface area (Å²) >= 11 is 7.35. The molecule has 0 bridgehead atoms. The van der Waals surface area contributed by atoms with Crippen molar-refractivity contribution in [1.29, 1.82) is 0 Å². The molecule has 1 unspecified atom stereocenters. The van der Waals surface area contributed by atoms with Crippen molar-refractivity contribution in [3.05, 3.63) is 99.2 Å². The zero-order chi connectivity index (χ0) is 28.4. The number of benzene rings is 3. The molecule has 0 aliphatic rings. The number of nitrogens with one attached hydrogen (secondary N) is 1. The van der Waals surface area contributed by atoms with E-state index in [1.165, 1.54) is 29.9 Å². The van der Waals surface area contributed by atoms with Crippen LogP contribution in [0.4, 0.5) is 5.13 Å². The molecule has 1 amide bonds. The summed E-state index contributed by atoms with van der Waals surface area (Å²) in [6, 6.07) is 21.4.